The lowest BCUT2D eigenvalue weighted by atomic mass is 10.1. The molecular formula is C13H11ClN2O5. The molecule has 0 spiro atoms. The van der Waals surface area contributed by atoms with E-state index < -0.39 is 10.9 Å². The van der Waals surface area contributed by atoms with Gasteiger partial charge in [0.2, 0.25) is 0 Å². The number of non-ortho nitro benzene ring substituents is 1. The molecule has 0 aliphatic rings. The van der Waals surface area contributed by atoms with Crippen molar-refractivity contribution in [2.75, 3.05) is 5.32 Å². The number of halogens is 1. The second-order valence-corrected chi connectivity index (χ2v) is 4.69. The van der Waals surface area contributed by atoms with E-state index >= 15 is 0 Å². The molecule has 0 bridgehead atoms. The summed E-state index contributed by atoms with van der Waals surface area (Å²) in [5, 5.41) is 22.7. The number of aryl methyl sites for hydroxylation is 1. The molecule has 0 saturated carbocycles. The zero-order valence-electron chi connectivity index (χ0n) is 10.9. The van der Waals surface area contributed by atoms with E-state index in [9.17, 15) is 14.9 Å². The lowest BCUT2D eigenvalue weighted by molar-refractivity contribution is -0.384. The first-order chi connectivity index (χ1) is 9.88. The molecule has 2 rings (SSSR count). The normalized spacial score (nSPS) is 10.4. The summed E-state index contributed by atoms with van der Waals surface area (Å²) in [4.78, 5) is 21.3. The Balaban J connectivity index is 2.33. The number of nitrogens with one attached hydrogen (secondary N) is 1. The van der Waals surface area contributed by atoms with Gasteiger partial charge in [-0.05, 0) is 19.1 Å². The van der Waals surface area contributed by atoms with Crippen molar-refractivity contribution in [3.8, 4) is 0 Å². The van der Waals surface area contributed by atoms with E-state index in [1.165, 1.54) is 0 Å². The SMILES string of the molecule is Cc1ccc(CNc2c(Cl)cc([N+](=O)[O-])cc2C(=O)O)o1. The number of carboxylic acids is 1. The van der Waals surface area contributed by atoms with Gasteiger partial charge in [0.15, 0.2) is 0 Å². The molecule has 0 aliphatic carbocycles. The quantitative estimate of drug-likeness (QED) is 0.647. The summed E-state index contributed by atoms with van der Waals surface area (Å²) in [7, 11) is 0. The summed E-state index contributed by atoms with van der Waals surface area (Å²) in [5.74, 6) is 0.0111. The number of hydrogen-bond donors (Lipinski definition) is 2. The minimum Gasteiger partial charge on any atom is -0.478 e. The molecule has 0 atom stereocenters. The third-order valence-corrected chi connectivity index (χ3v) is 3.05. The van der Waals surface area contributed by atoms with Crippen molar-refractivity contribution in [3.05, 3.63) is 56.5 Å². The van der Waals surface area contributed by atoms with E-state index in [1.807, 2.05) is 0 Å². The minimum absolute atomic E-state index is 0.0371. The summed E-state index contributed by atoms with van der Waals surface area (Å²) in [6.45, 7) is 2.00. The van der Waals surface area contributed by atoms with Gasteiger partial charge in [-0.2, -0.15) is 0 Å². The standard InChI is InChI=1S/C13H11ClN2O5/c1-7-2-3-9(21-7)6-15-12-10(13(17)18)4-8(16(19)20)5-11(12)14/h2-5,15H,6H2,1H3,(H,17,18). The van der Waals surface area contributed by atoms with Gasteiger partial charge in [-0.25, -0.2) is 4.79 Å². The highest BCUT2D eigenvalue weighted by Crippen LogP contribution is 2.31. The van der Waals surface area contributed by atoms with Crippen LogP contribution in [0.3, 0.4) is 0 Å². The Labute approximate surface area is 124 Å². The lowest BCUT2D eigenvalue weighted by Gasteiger charge is -2.10. The van der Waals surface area contributed by atoms with Crippen molar-refractivity contribution in [1.82, 2.24) is 0 Å². The minimum atomic E-state index is -1.31. The van der Waals surface area contributed by atoms with Crippen LogP contribution in [0.5, 0.6) is 0 Å². The van der Waals surface area contributed by atoms with E-state index in [0.29, 0.717) is 5.76 Å². The maximum Gasteiger partial charge on any atom is 0.338 e. The van der Waals surface area contributed by atoms with E-state index in [2.05, 4.69) is 5.32 Å². The number of benzene rings is 1. The summed E-state index contributed by atoms with van der Waals surface area (Å²) < 4.78 is 5.35. The molecule has 7 nitrogen and oxygen atoms in total. The average molecular weight is 311 g/mol. The van der Waals surface area contributed by atoms with Gasteiger partial charge >= 0.3 is 5.97 Å². The van der Waals surface area contributed by atoms with Crippen LogP contribution in [0, 0.1) is 17.0 Å². The van der Waals surface area contributed by atoms with E-state index in [-0.39, 0.29) is 28.5 Å². The van der Waals surface area contributed by atoms with Crippen LogP contribution in [0.1, 0.15) is 21.9 Å². The van der Waals surface area contributed by atoms with Crippen LogP contribution in [-0.4, -0.2) is 16.0 Å². The van der Waals surface area contributed by atoms with E-state index in [4.69, 9.17) is 21.1 Å². The van der Waals surface area contributed by atoms with Crippen molar-refractivity contribution in [2.45, 2.75) is 13.5 Å². The predicted molar refractivity (Wildman–Crippen MR) is 75.8 cm³/mol. The number of rotatable bonds is 5. The molecule has 0 aliphatic heterocycles. The highest BCUT2D eigenvalue weighted by molar-refractivity contribution is 6.34. The largest absolute Gasteiger partial charge is 0.478 e. The number of aromatic carboxylic acids is 1. The van der Waals surface area contributed by atoms with Crippen molar-refractivity contribution in [1.29, 1.82) is 0 Å². The third-order valence-electron chi connectivity index (χ3n) is 2.75. The van der Waals surface area contributed by atoms with Crippen LogP contribution in [-0.2, 0) is 6.54 Å². The second-order valence-electron chi connectivity index (χ2n) is 4.28. The molecule has 1 aromatic heterocycles. The molecule has 2 aromatic rings. The van der Waals surface area contributed by atoms with Crippen LogP contribution in [0.25, 0.3) is 0 Å². The van der Waals surface area contributed by atoms with Crippen molar-refractivity contribution >= 4 is 28.9 Å². The van der Waals surface area contributed by atoms with Gasteiger partial charge in [-0.3, -0.25) is 10.1 Å². The molecule has 0 unspecified atom stereocenters. The Morgan fingerprint density at radius 1 is 1.48 bits per heavy atom. The zero-order valence-corrected chi connectivity index (χ0v) is 11.7. The van der Waals surface area contributed by atoms with Gasteiger partial charge in [0, 0.05) is 12.1 Å². The maximum atomic E-state index is 11.2. The van der Waals surface area contributed by atoms with E-state index in [1.54, 1.807) is 19.1 Å². The van der Waals surface area contributed by atoms with Crippen LogP contribution in [0.15, 0.2) is 28.7 Å². The zero-order chi connectivity index (χ0) is 15.6. The number of nitrogens with zero attached hydrogens (tertiary/aromatic N) is 1. The van der Waals surface area contributed by atoms with Crippen LogP contribution >= 0.6 is 11.6 Å². The Kier molecular flexibility index (Phi) is 4.13. The topological polar surface area (TPSA) is 106 Å². The summed E-state index contributed by atoms with van der Waals surface area (Å²) in [5.41, 5.74) is -0.530. The van der Waals surface area contributed by atoms with E-state index in [0.717, 1.165) is 17.9 Å². The monoisotopic (exact) mass is 310 g/mol. The fourth-order valence-corrected chi connectivity index (χ4v) is 2.08. The Morgan fingerprint density at radius 3 is 2.71 bits per heavy atom. The van der Waals surface area contributed by atoms with Gasteiger partial charge in [-0.1, -0.05) is 11.6 Å². The van der Waals surface area contributed by atoms with Gasteiger partial charge in [0.05, 0.1) is 27.7 Å². The summed E-state index contributed by atoms with van der Waals surface area (Å²) in [6.07, 6.45) is 0. The second kappa shape index (κ2) is 5.84. The summed E-state index contributed by atoms with van der Waals surface area (Å²) >= 11 is 5.93. The number of carbonyl (C=O) groups is 1. The number of furan rings is 1. The molecular weight excluding hydrogens is 300 g/mol. The Morgan fingerprint density at radius 2 is 2.19 bits per heavy atom. The highest BCUT2D eigenvalue weighted by atomic mass is 35.5. The molecule has 0 amide bonds. The number of anilines is 1. The number of carboxylic acid groups (broad SMARTS) is 1. The smallest absolute Gasteiger partial charge is 0.338 e. The highest BCUT2D eigenvalue weighted by Gasteiger charge is 2.20. The lowest BCUT2D eigenvalue weighted by Crippen LogP contribution is -2.07. The fraction of sp³-hybridized carbons (Fsp3) is 0.154. The summed E-state index contributed by atoms with van der Waals surface area (Å²) in [6, 6.07) is 5.57. The van der Waals surface area contributed by atoms with Crippen LogP contribution in [0.4, 0.5) is 11.4 Å². The molecule has 21 heavy (non-hydrogen) atoms. The number of nitro groups is 1. The third kappa shape index (κ3) is 3.32. The number of hydrogen-bond acceptors (Lipinski definition) is 5. The Hall–Kier alpha value is -2.54. The van der Waals surface area contributed by atoms with Gasteiger partial charge in [0.1, 0.15) is 11.5 Å². The molecule has 0 saturated heterocycles. The molecule has 2 N–H and O–H groups in total. The fourth-order valence-electron chi connectivity index (χ4n) is 1.80. The van der Waals surface area contributed by atoms with Crippen LogP contribution < -0.4 is 5.32 Å². The first-order valence-electron chi connectivity index (χ1n) is 5.89. The molecule has 1 aromatic carbocycles. The molecule has 1 heterocycles. The van der Waals surface area contributed by atoms with Crippen LogP contribution in [0.2, 0.25) is 5.02 Å². The van der Waals surface area contributed by atoms with Crippen molar-refractivity contribution < 1.29 is 19.2 Å². The number of nitro benzene ring substituents is 1. The predicted octanol–water partition coefficient (Wildman–Crippen LogP) is 3.46. The maximum absolute atomic E-state index is 11.2. The average Bonchev–Trinajstić information content (AvgIpc) is 2.82. The van der Waals surface area contributed by atoms with Crippen molar-refractivity contribution in [2.24, 2.45) is 0 Å². The van der Waals surface area contributed by atoms with Gasteiger partial charge in [-0.15, -0.1) is 0 Å². The Bertz CT molecular complexity index is 711. The molecule has 0 fully saturated rings. The first kappa shape index (κ1) is 14.9. The molecule has 8 heteroatoms. The van der Waals surface area contributed by atoms with Gasteiger partial charge < -0.3 is 14.8 Å². The first-order valence-corrected chi connectivity index (χ1v) is 6.26. The van der Waals surface area contributed by atoms with Crippen molar-refractivity contribution in [3.63, 3.8) is 0 Å². The molecule has 110 valence electrons. The van der Waals surface area contributed by atoms with Gasteiger partial charge in [0.25, 0.3) is 5.69 Å². The molecule has 0 radical (unpaired) electrons.